The van der Waals surface area contributed by atoms with Crippen molar-refractivity contribution in [3.63, 3.8) is 0 Å². The van der Waals surface area contributed by atoms with Crippen LogP contribution in [0.3, 0.4) is 0 Å². The summed E-state index contributed by atoms with van der Waals surface area (Å²) in [7, 11) is 0. The fraction of sp³-hybridized carbons (Fsp3) is 0.800. The van der Waals surface area contributed by atoms with Crippen LogP contribution in [0.5, 0.6) is 0 Å². The van der Waals surface area contributed by atoms with E-state index in [0.29, 0.717) is 13.1 Å². The number of thioether (sulfide) groups is 1. The molecule has 0 aromatic rings. The molecule has 0 spiro atoms. The summed E-state index contributed by atoms with van der Waals surface area (Å²) >= 11 is 1.73. The van der Waals surface area contributed by atoms with E-state index in [4.69, 9.17) is 0 Å². The van der Waals surface area contributed by atoms with Gasteiger partial charge in [-0.25, -0.2) is 0 Å². The van der Waals surface area contributed by atoms with Crippen molar-refractivity contribution >= 4 is 36.0 Å². The van der Waals surface area contributed by atoms with Crippen molar-refractivity contribution in [1.82, 2.24) is 16.0 Å². The maximum absolute atomic E-state index is 11.5. The van der Waals surface area contributed by atoms with Crippen molar-refractivity contribution in [2.75, 3.05) is 24.7 Å². The molecule has 1 heterocycles. The third kappa shape index (κ3) is 4.73. The molecule has 1 saturated heterocycles. The summed E-state index contributed by atoms with van der Waals surface area (Å²) in [6.07, 6.45) is 2.03. The minimum Gasteiger partial charge on any atom is -0.354 e. The lowest BCUT2D eigenvalue weighted by atomic mass is 10.3. The molecule has 0 radical (unpaired) electrons. The van der Waals surface area contributed by atoms with Crippen LogP contribution in [0.25, 0.3) is 0 Å². The molecule has 1 aliphatic heterocycles. The number of hydrogen-bond acceptors (Lipinski definition) is 4. The van der Waals surface area contributed by atoms with Gasteiger partial charge in [0.05, 0.1) is 6.04 Å². The molecule has 1 atom stereocenters. The second-order valence-corrected chi connectivity index (χ2v) is 5.16. The van der Waals surface area contributed by atoms with E-state index in [1.165, 1.54) is 0 Å². The van der Waals surface area contributed by atoms with Crippen molar-refractivity contribution in [3.8, 4) is 0 Å². The SMILES string of the molecule is Cl.O=C(NCCNC(=O)C1CSCN1)C1CC1. The Balaban J connectivity index is 0.00000144. The van der Waals surface area contributed by atoms with Crippen molar-refractivity contribution in [1.29, 1.82) is 0 Å². The second-order valence-electron chi connectivity index (χ2n) is 4.13. The maximum Gasteiger partial charge on any atom is 0.238 e. The first-order chi connectivity index (χ1) is 7.77. The van der Waals surface area contributed by atoms with Gasteiger partial charge in [0, 0.05) is 30.6 Å². The highest BCUT2D eigenvalue weighted by molar-refractivity contribution is 7.99. The molecule has 5 nitrogen and oxygen atoms in total. The highest BCUT2D eigenvalue weighted by Gasteiger charge is 2.29. The lowest BCUT2D eigenvalue weighted by Gasteiger charge is -2.10. The molecule has 2 aliphatic rings. The van der Waals surface area contributed by atoms with Gasteiger partial charge in [-0.3, -0.25) is 14.9 Å². The van der Waals surface area contributed by atoms with Gasteiger partial charge in [0.1, 0.15) is 0 Å². The molecular weight excluding hydrogens is 262 g/mol. The fourth-order valence-corrected chi connectivity index (χ4v) is 2.49. The Morgan fingerprint density at radius 1 is 1.18 bits per heavy atom. The number of carbonyl (C=O) groups is 2. The lowest BCUT2D eigenvalue weighted by molar-refractivity contribution is -0.124. The van der Waals surface area contributed by atoms with Gasteiger partial charge in [-0.1, -0.05) is 0 Å². The van der Waals surface area contributed by atoms with Gasteiger partial charge in [-0.15, -0.1) is 24.2 Å². The lowest BCUT2D eigenvalue weighted by Crippen LogP contribution is -2.44. The number of halogens is 1. The van der Waals surface area contributed by atoms with E-state index >= 15 is 0 Å². The molecule has 0 aromatic carbocycles. The summed E-state index contributed by atoms with van der Waals surface area (Å²) in [5.74, 6) is 2.08. The molecule has 3 N–H and O–H groups in total. The van der Waals surface area contributed by atoms with Crippen LogP contribution in [0.4, 0.5) is 0 Å². The summed E-state index contributed by atoms with van der Waals surface area (Å²) in [6.45, 7) is 1.04. The predicted molar refractivity (Wildman–Crippen MR) is 70.2 cm³/mol. The zero-order valence-electron chi connectivity index (χ0n) is 9.53. The number of nitrogens with one attached hydrogen (secondary N) is 3. The van der Waals surface area contributed by atoms with Crippen LogP contribution in [0.15, 0.2) is 0 Å². The number of carbonyl (C=O) groups excluding carboxylic acids is 2. The van der Waals surface area contributed by atoms with Crippen LogP contribution in [-0.2, 0) is 9.59 Å². The van der Waals surface area contributed by atoms with Crippen LogP contribution >= 0.6 is 24.2 Å². The number of hydrogen-bond donors (Lipinski definition) is 3. The van der Waals surface area contributed by atoms with Crippen molar-refractivity contribution < 1.29 is 9.59 Å². The smallest absolute Gasteiger partial charge is 0.238 e. The molecule has 0 aromatic heterocycles. The van der Waals surface area contributed by atoms with Gasteiger partial charge in [0.2, 0.25) is 11.8 Å². The number of rotatable bonds is 5. The summed E-state index contributed by atoms with van der Waals surface area (Å²) in [5.41, 5.74) is 0. The molecule has 2 amide bonds. The average Bonchev–Trinajstić information content (AvgIpc) is 2.99. The summed E-state index contributed by atoms with van der Waals surface area (Å²) < 4.78 is 0. The molecule has 2 rings (SSSR count). The quantitative estimate of drug-likeness (QED) is 0.605. The van der Waals surface area contributed by atoms with E-state index in [2.05, 4.69) is 16.0 Å². The van der Waals surface area contributed by atoms with Crippen LogP contribution in [-0.4, -0.2) is 42.6 Å². The predicted octanol–water partition coefficient (Wildman–Crippen LogP) is -0.287. The number of amides is 2. The van der Waals surface area contributed by atoms with Gasteiger partial charge >= 0.3 is 0 Å². The maximum atomic E-state index is 11.5. The van der Waals surface area contributed by atoms with E-state index in [9.17, 15) is 9.59 Å². The third-order valence-electron chi connectivity index (χ3n) is 2.70. The Morgan fingerprint density at radius 2 is 1.82 bits per heavy atom. The van der Waals surface area contributed by atoms with Gasteiger partial charge < -0.3 is 10.6 Å². The van der Waals surface area contributed by atoms with Crippen molar-refractivity contribution in [2.45, 2.75) is 18.9 Å². The van der Waals surface area contributed by atoms with E-state index in [1.54, 1.807) is 11.8 Å². The molecule has 1 unspecified atom stereocenters. The molecule has 0 bridgehead atoms. The monoisotopic (exact) mass is 279 g/mol. The average molecular weight is 280 g/mol. The topological polar surface area (TPSA) is 70.2 Å². The zero-order chi connectivity index (χ0) is 11.4. The Labute approximate surface area is 111 Å². The molecule has 7 heteroatoms. The Kier molecular flexibility index (Phi) is 6.08. The van der Waals surface area contributed by atoms with Crippen molar-refractivity contribution in [3.05, 3.63) is 0 Å². The van der Waals surface area contributed by atoms with Crippen LogP contribution in [0, 0.1) is 5.92 Å². The van der Waals surface area contributed by atoms with Crippen LogP contribution in [0.2, 0.25) is 0 Å². The van der Waals surface area contributed by atoms with Crippen LogP contribution in [0.1, 0.15) is 12.8 Å². The second kappa shape index (κ2) is 7.08. The van der Waals surface area contributed by atoms with Gasteiger partial charge in [-0.2, -0.15) is 0 Å². The Morgan fingerprint density at radius 3 is 2.35 bits per heavy atom. The molecule has 2 fully saturated rings. The van der Waals surface area contributed by atoms with E-state index in [-0.39, 0.29) is 36.2 Å². The Hall–Kier alpha value is -0.460. The molecule has 17 heavy (non-hydrogen) atoms. The van der Waals surface area contributed by atoms with Gasteiger partial charge in [0.15, 0.2) is 0 Å². The molecule has 1 saturated carbocycles. The highest BCUT2D eigenvalue weighted by Crippen LogP contribution is 2.28. The van der Waals surface area contributed by atoms with Gasteiger partial charge in [-0.05, 0) is 12.8 Å². The van der Waals surface area contributed by atoms with Crippen LogP contribution < -0.4 is 16.0 Å². The molecule has 98 valence electrons. The first-order valence-electron chi connectivity index (χ1n) is 5.64. The van der Waals surface area contributed by atoms with Gasteiger partial charge in [0.25, 0.3) is 0 Å². The zero-order valence-corrected chi connectivity index (χ0v) is 11.2. The first-order valence-corrected chi connectivity index (χ1v) is 6.79. The van der Waals surface area contributed by atoms with Crippen molar-refractivity contribution in [2.24, 2.45) is 5.92 Å². The normalized spacial score (nSPS) is 22.7. The standard InChI is InChI=1S/C10H17N3O2S.ClH/c14-9(7-1-2-7)11-3-4-12-10(15)8-5-16-6-13-8;/h7-8,13H,1-6H2,(H,11,14)(H,12,15);1H. The summed E-state index contributed by atoms with van der Waals surface area (Å²) in [5, 5.41) is 8.72. The van der Waals surface area contributed by atoms with E-state index < -0.39 is 0 Å². The summed E-state index contributed by atoms with van der Waals surface area (Å²) in [6, 6.07) is -0.0656. The fourth-order valence-electron chi connectivity index (χ4n) is 1.55. The van der Waals surface area contributed by atoms with E-state index in [0.717, 1.165) is 24.5 Å². The largest absolute Gasteiger partial charge is 0.354 e. The minimum atomic E-state index is -0.0656. The Bertz CT molecular complexity index is 281. The highest BCUT2D eigenvalue weighted by atomic mass is 35.5. The first kappa shape index (κ1) is 14.6. The molecule has 1 aliphatic carbocycles. The molecular formula is C10H18ClN3O2S. The van der Waals surface area contributed by atoms with E-state index in [1.807, 2.05) is 0 Å². The third-order valence-corrected chi connectivity index (χ3v) is 3.64. The minimum absolute atomic E-state index is 0. The summed E-state index contributed by atoms with van der Waals surface area (Å²) in [4.78, 5) is 22.8.